The average Bonchev–Trinajstić information content (AvgIpc) is 3.10. The van der Waals surface area contributed by atoms with Gasteiger partial charge in [0.25, 0.3) is 0 Å². The van der Waals surface area contributed by atoms with Gasteiger partial charge in [0.2, 0.25) is 11.8 Å². The van der Waals surface area contributed by atoms with E-state index in [2.05, 4.69) is 20.9 Å². The molecule has 0 saturated carbocycles. The number of aromatic nitrogens is 1. The van der Waals surface area contributed by atoms with Gasteiger partial charge in [-0.3, -0.25) is 19.5 Å². The van der Waals surface area contributed by atoms with Gasteiger partial charge in [-0.25, -0.2) is 18.0 Å². The number of benzene rings is 2. The van der Waals surface area contributed by atoms with Crippen molar-refractivity contribution >= 4 is 33.8 Å². The molecule has 5 N–H and O–H groups in total. The molecule has 0 spiro atoms. The summed E-state index contributed by atoms with van der Waals surface area (Å²) in [5.41, 5.74) is 2.40. The number of sulfone groups is 1. The second kappa shape index (κ2) is 18.3. The van der Waals surface area contributed by atoms with Gasteiger partial charge in [0.05, 0.1) is 29.7 Å². The molecule has 14 nitrogen and oxygen atoms in total. The molecule has 0 saturated heterocycles. The molecule has 3 rings (SSSR count). The topological polar surface area (TPSA) is 204 Å². The van der Waals surface area contributed by atoms with Crippen LogP contribution in [0.1, 0.15) is 52.2 Å². The maximum Gasteiger partial charge on any atom is 0.407 e. The first-order chi connectivity index (χ1) is 25.1. The van der Waals surface area contributed by atoms with Crippen molar-refractivity contribution in [3.8, 4) is 11.3 Å². The van der Waals surface area contributed by atoms with E-state index in [0.29, 0.717) is 4.90 Å². The number of carboxylic acid groups (broad SMARTS) is 1. The number of nitrogens with zero attached hydrogens (tertiary/aromatic N) is 2. The summed E-state index contributed by atoms with van der Waals surface area (Å²) < 4.78 is 28.6. The van der Waals surface area contributed by atoms with Gasteiger partial charge >= 0.3 is 12.2 Å². The third kappa shape index (κ3) is 11.7. The van der Waals surface area contributed by atoms with Gasteiger partial charge in [-0.15, -0.1) is 0 Å². The van der Waals surface area contributed by atoms with Crippen molar-refractivity contribution in [3.05, 3.63) is 90.1 Å². The number of carbonyl (C=O) groups excluding carboxylic acids is 3. The third-order valence-electron chi connectivity index (χ3n) is 9.49. The number of carbonyl (C=O) groups is 4. The van der Waals surface area contributed by atoms with Gasteiger partial charge in [-0.2, -0.15) is 0 Å². The second-order valence-corrected chi connectivity index (χ2v) is 17.6. The zero-order valence-electron chi connectivity index (χ0n) is 32.1. The molecule has 0 aliphatic carbocycles. The first-order valence-electron chi connectivity index (χ1n) is 17.5. The van der Waals surface area contributed by atoms with Crippen molar-refractivity contribution in [1.82, 2.24) is 25.8 Å². The number of amides is 4. The maximum absolute atomic E-state index is 14.0. The van der Waals surface area contributed by atoms with Crippen LogP contribution in [-0.2, 0) is 37.0 Å². The van der Waals surface area contributed by atoms with Crippen LogP contribution in [0, 0.1) is 5.41 Å². The summed E-state index contributed by atoms with van der Waals surface area (Å²) in [6.45, 7) is 7.87. The molecular weight excluding hydrogens is 715 g/mol. The van der Waals surface area contributed by atoms with E-state index in [9.17, 15) is 37.8 Å². The maximum atomic E-state index is 14.0. The van der Waals surface area contributed by atoms with E-state index < -0.39 is 74.3 Å². The lowest BCUT2D eigenvalue weighted by Crippen LogP contribution is -2.62. The van der Waals surface area contributed by atoms with Crippen LogP contribution >= 0.6 is 0 Å². The van der Waals surface area contributed by atoms with Gasteiger partial charge in [-0.05, 0) is 61.8 Å². The Labute approximate surface area is 317 Å². The molecule has 5 atom stereocenters. The van der Waals surface area contributed by atoms with Crippen LogP contribution in [0.3, 0.4) is 0 Å². The first kappa shape index (κ1) is 43.4. The van der Waals surface area contributed by atoms with Crippen molar-refractivity contribution in [3.63, 3.8) is 0 Å². The minimum absolute atomic E-state index is 0.134. The Bertz CT molecular complexity index is 1830. The minimum Gasteiger partial charge on any atom is -0.465 e. The summed E-state index contributed by atoms with van der Waals surface area (Å²) in [6, 6.07) is 17.6. The highest BCUT2D eigenvalue weighted by Gasteiger charge is 2.48. The summed E-state index contributed by atoms with van der Waals surface area (Å²) >= 11 is 0. The molecular formula is C39H53N5O9S. The van der Waals surface area contributed by atoms with E-state index in [0.717, 1.165) is 35.7 Å². The number of nitrogens with one attached hydrogen (secondary N) is 3. The van der Waals surface area contributed by atoms with E-state index in [1.807, 2.05) is 60.7 Å². The molecule has 3 aromatic rings. The highest BCUT2D eigenvalue weighted by molar-refractivity contribution is 7.92. The predicted molar refractivity (Wildman–Crippen MR) is 205 cm³/mol. The molecule has 0 aliphatic heterocycles. The van der Waals surface area contributed by atoms with Crippen molar-refractivity contribution in [2.75, 3.05) is 20.4 Å². The molecule has 15 heteroatoms. The summed E-state index contributed by atoms with van der Waals surface area (Å²) in [7, 11) is -1.65. The lowest BCUT2D eigenvalue weighted by molar-refractivity contribution is -0.128. The highest BCUT2D eigenvalue weighted by atomic mass is 32.2. The summed E-state index contributed by atoms with van der Waals surface area (Å²) in [5, 5.41) is 30.1. The number of methoxy groups -OCH3 is 1. The van der Waals surface area contributed by atoms with Crippen LogP contribution in [0.5, 0.6) is 0 Å². The number of pyridine rings is 1. The zero-order valence-corrected chi connectivity index (χ0v) is 32.9. The molecule has 1 aromatic heterocycles. The van der Waals surface area contributed by atoms with Crippen molar-refractivity contribution in [1.29, 1.82) is 0 Å². The zero-order chi connectivity index (χ0) is 40.4. The summed E-state index contributed by atoms with van der Waals surface area (Å²) in [5.74, 6) is -1.45. The molecule has 2 aromatic carbocycles. The lowest BCUT2D eigenvalue weighted by atomic mass is 9.85. The van der Waals surface area contributed by atoms with Crippen molar-refractivity contribution in [2.45, 2.75) is 88.9 Å². The Morgan fingerprint density at radius 1 is 0.833 bits per heavy atom. The number of alkyl carbamates (subject to hydrolysis) is 1. The number of hydrogen-bond donors (Lipinski definition) is 5. The van der Waals surface area contributed by atoms with Gasteiger partial charge in [0.15, 0.2) is 9.84 Å². The van der Waals surface area contributed by atoms with Gasteiger partial charge in [0, 0.05) is 31.1 Å². The van der Waals surface area contributed by atoms with Gasteiger partial charge < -0.3 is 30.9 Å². The van der Waals surface area contributed by atoms with E-state index in [-0.39, 0.29) is 19.3 Å². The second-order valence-electron chi connectivity index (χ2n) is 15.0. The van der Waals surface area contributed by atoms with Crippen LogP contribution < -0.4 is 16.0 Å². The number of ether oxygens (including phenoxy) is 1. The average molecular weight is 768 g/mol. The predicted octanol–water partition coefficient (Wildman–Crippen LogP) is 3.83. The quantitative estimate of drug-likeness (QED) is 0.143. The number of likely N-dealkylation sites (N-methyl/N-ethyl adjacent to an activating group) is 1. The fourth-order valence-electron chi connectivity index (χ4n) is 6.10. The van der Waals surface area contributed by atoms with Crippen molar-refractivity contribution in [2.24, 2.45) is 5.41 Å². The van der Waals surface area contributed by atoms with Crippen LogP contribution in [-0.4, -0.2) is 108 Å². The lowest BCUT2D eigenvalue weighted by Gasteiger charge is -2.38. The van der Waals surface area contributed by atoms with E-state index in [1.54, 1.807) is 39.1 Å². The Hall–Kier alpha value is -5.02. The molecule has 4 amide bonds. The van der Waals surface area contributed by atoms with Crippen LogP contribution in [0.15, 0.2) is 79.0 Å². The molecule has 0 radical (unpaired) electrons. The standard InChI is InChI=1S/C39H53N5O9S/c1-38(2,3)32(43-36(48)53-7)34(46)42-30(23-26-17-19-27(20-18-26)29-16-12-13-21-40-29)31(45)24-28(22-25-14-10-9-11-15-25)41-35(47)33(44(6)37(49)50)39(4,5)54(8,51)52/h9-21,28,30-33,45H,22-24H2,1-8H3,(H,41,47)(H,42,46)(H,43,48)(H,49,50)/t28-,30-,31-,32+,33+/m0/s1. The molecule has 0 unspecified atom stereocenters. The Morgan fingerprint density at radius 3 is 1.94 bits per heavy atom. The van der Waals surface area contributed by atoms with Crippen LogP contribution in [0.25, 0.3) is 11.3 Å². The molecule has 294 valence electrons. The molecule has 0 bridgehead atoms. The molecule has 1 heterocycles. The van der Waals surface area contributed by atoms with E-state index in [1.165, 1.54) is 21.0 Å². The Balaban J connectivity index is 2.03. The van der Waals surface area contributed by atoms with E-state index >= 15 is 0 Å². The van der Waals surface area contributed by atoms with Crippen LogP contribution in [0.2, 0.25) is 0 Å². The smallest absolute Gasteiger partial charge is 0.407 e. The normalized spacial score (nSPS) is 14.8. The third-order valence-corrected chi connectivity index (χ3v) is 11.6. The van der Waals surface area contributed by atoms with Gasteiger partial charge in [0.1, 0.15) is 12.1 Å². The number of hydrogen-bond acceptors (Lipinski definition) is 9. The Kier molecular flexibility index (Phi) is 14.7. The number of rotatable bonds is 16. The Morgan fingerprint density at radius 2 is 1.43 bits per heavy atom. The fourth-order valence-corrected chi connectivity index (χ4v) is 6.77. The summed E-state index contributed by atoms with van der Waals surface area (Å²) in [6.07, 6.45) is -0.810. The monoisotopic (exact) mass is 767 g/mol. The fraction of sp³-hybridized carbons (Fsp3) is 0.462. The molecule has 0 aliphatic rings. The SMILES string of the molecule is COC(=O)N[C@H](C(=O)N[C@@H](Cc1ccc(-c2ccccn2)cc1)[C@@H](O)C[C@H](Cc1ccccc1)NC(=O)[C@@H](N(C)C(=O)O)C(C)(C)S(C)(=O)=O)C(C)(C)C. The van der Waals surface area contributed by atoms with Crippen molar-refractivity contribution < 1.29 is 42.5 Å². The summed E-state index contributed by atoms with van der Waals surface area (Å²) in [4.78, 5) is 57.3. The first-order valence-corrected chi connectivity index (χ1v) is 19.4. The van der Waals surface area contributed by atoms with Gasteiger partial charge in [-0.1, -0.05) is 81.4 Å². The minimum atomic E-state index is -3.96. The highest BCUT2D eigenvalue weighted by Crippen LogP contribution is 2.26. The largest absolute Gasteiger partial charge is 0.465 e. The number of aliphatic hydroxyl groups is 1. The molecule has 0 fully saturated rings. The van der Waals surface area contributed by atoms with Crippen LogP contribution in [0.4, 0.5) is 9.59 Å². The number of aliphatic hydroxyl groups excluding tert-OH is 1. The van der Waals surface area contributed by atoms with E-state index in [4.69, 9.17) is 4.74 Å². The molecule has 54 heavy (non-hydrogen) atoms.